The van der Waals surface area contributed by atoms with E-state index in [1.54, 1.807) is 0 Å². The van der Waals surface area contributed by atoms with E-state index in [-0.39, 0.29) is 0 Å². The summed E-state index contributed by atoms with van der Waals surface area (Å²) in [5, 5.41) is 1.21. The number of para-hydroxylation sites is 1. The summed E-state index contributed by atoms with van der Waals surface area (Å²) in [5.74, 6) is 0. The number of rotatable bonds is 2. The molecule has 0 bridgehead atoms. The number of benzene rings is 3. The molecule has 0 N–H and O–H groups in total. The van der Waals surface area contributed by atoms with Gasteiger partial charge in [0.25, 0.3) is 0 Å². The second-order valence-electron chi connectivity index (χ2n) is 6.16. The average Bonchev–Trinajstić information content (AvgIpc) is 3.07. The first-order chi connectivity index (χ1) is 12.4. The average molecular weight is 320 g/mol. The highest BCUT2D eigenvalue weighted by atomic mass is 15.0. The molecule has 0 amide bonds. The number of hydrogen-bond acceptors (Lipinski definition) is 1. The van der Waals surface area contributed by atoms with Crippen molar-refractivity contribution in [3.05, 3.63) is 97.1 Å². The smallest absolute Gasteiger partial charge is 0.138 e. The van der Waals surface area contributed by atoms with Crippen LogP contribution in [0.2, 0.25) is 0 Å². The van der Waals surface area contributed by atoms with Gasteiger partial charge < -0.3 is 0 Å². The third-order valence-electron chi connectivity index (χ3n) is 4.58. The first kappa shape index (κ1) is 14.0. The Kier molecular flexibility index (Phi) is 3.14. The Hall–Kier alpha value is -3.39. The molecule has 0 saturated carbocycles. The van der Waals surface area contributed by atoms with Crippen molar-refractivity contribution < 1.29 is 0 Å². The lowest BCUT2D eigenvalue weighted by molar-refractivity contribution is 1.18. The molecule has 5 rings (SSSR count). The standard InChI is InChI=1S/C23H16N2/c1-3-9-17(10-4-1)20-16-22(18-11-5-2-6-12-18)25-21-14-8-7-13-19(21)15-23(25)24-20/h1-16H. The van der Waals surface area contributed by atoms with Crippen LogP contribution in [0.4, 0.5) is 0 Å². The molecule has 0 aliphatic rings. The van der Waals surface area contributed by atoms with Crippen molar-refractivity contribution in [1.29, 1.82) is 0 Å². The monoisotopic (exact) mass is 320 g/mol. The maximum atomic E-state index is 4.93. The molecule has 2 heterocycles. The zero-order valence-electron chi connectivity index (χ0n) is 13.6. The van der Waals surface area contributed by atoms with Gasteiger partial charge in [-0.3, -0.25) is 4.40 Å². The maximum Gasteiger partial charge on any atom is 0.138 e. The Morgan fingerprint density at radius 2 is 1.24 bits per heavy atom. The zero-order valence-corrected chi connectivity index (χ0v) is 13.6. The number of aromatic nitrogens is 2. The summed E-state index contributed by atoms with van der Waals surface area (Å²) in [5.41, 5.74) is 6.63. The van der Waals surface area contributed by atoms with Crippen LogP contribution in [0, 0.1) is 0 Å². The highest BCUT2D eigenvalue weighted by Crippen LogP contribution is 2.30. The SMILES string of the molecule is c1ccc(-c2cc(-c3ccccc3)n3c(cc4ccccc43)n2)cc1. The largest absolute Gasteiger partial charge is 0.294 e. The van der Waals surface area contributed by atoms with Crippen LogP contribution in [0.15, 0.2) is 97.1 Å². The highest BCUT2D eigenvalue weighted by molar-refractivity contribution is 5.89. The molecule has 0 radical (unpaired) electrons. The lowest BCUT2D eigenvalue weighted by atomic mass is 10.1. The first-order valence-corrected chi connectivity index (χ1v) is 8.42. The summed E-state index contributed by atoms with van der Waals surface area (Å²) in [6.45, 7) is 0. The van der Waals surface area contributed by atoms with Crippen LogP contribution in [-0.4, -0.2) is 9.38 Å². The molecule has 3 aromatic carbocycles. The van der Waals surface area contributed by atoms with Crippen LogP contribution in [0.25, 0.3) is 39.1 Å². The Balaban J connectivity index is 1.90. The van der Waals surface area contributed by atoms with Crippen LogP contribution in [0.3, 0.4) is 0 Å². The summed E-state index contributed by atoms with van der Waals surface area (Å²) in [6, 6.07) is 33.7. The molecule has 0 saturated heterocycles. The normalized spacial score (nSPS) is 11.2. The lowest BCUT2D eigenvalue weighted by Gasteiger charge is -2.11. The molecule has 118 valence electrons. The van der Waals surface area contributed by atoms with E-state index < -0.39 is 0 Å². The minimum absolute atomic E-state index is 0.974. The van der Waals surface area contributed by atoms with Crippen LogP contribution in [0.5, 0.6) is 0 Å². The Bertz CT molecular complexity index is 1170. The lowest BCUT2D eigenvalue weighted by Crippen LogP contribution is -1.96. The van der Waals surface area contributed by atoms with Gasteiger partial charge in [0.1, 0.15) is 5.65 Å². The van der Waals surface area contributed by atoms with Crippen LogP contribution in [-0.2, 0) is 0 Å². The number of fused-ring (bicyclic) bond motifs is 3. The van der Waals surface area contributed by atoms with Gasteiger partial charge in [-0.2, -0.15) is 0 Å². The summed E-state index contributed by atoms with van der Waals surface area (Å²) < 4.78 is 2.25. The fraction of sp³-hybridized carbons (Fsp3) is 0. The van der Waals surface area contributed by atoms with Crippen molar-refractivity contribution >= 4 is 16.6 Å². The van der Waals surface area contributed by atoms with Gasteiger partial charge in [-0.25, -0.2) is 4.98 Å². The van der Waals surface area contributed by atoms with Gasteiger partial charge in [-0.15, -0.1) is 0 Å². The predicted molar refractivity (Wildman–Crippen MR) is 104 cm³/mol. The maximum absolute atomic E-state index is 4.93. The summed E-state index contributed by atoms with van der Waals surface area (Å²) in [6.07, 6.45) is 0. The minimum Gasteiger partial charge on any atom is -0.294 e. The number of nitrogens with zero attached hydrogens (tertiary/aromatic N) is 2. The molecular weight excluding hydrogens is 304 g/mol. The van der Waals surface area contributed by atoms with Crippen molar-refractivity contribution in [1.82, 2.24) is 9.38 Å². The van der Waals surface area contributed by atoms with E-state index >= 15 is 0 Å². The second kappa shape index (κ2) is 5.60. The van der Waals surface area contributed by atoms with Gasteiger partial charge in [-0.05, 0) is 23.8 Å². The van der Waals surface area contributed by atoms with E-state index in [4.69, 9.17) is 4.98 Å². The van der Waals surface area contributed by atoms with Crippen molar-refractivity contribution in [3.8, 4) is 22.5 Å². The van der Waals surface area contributed by atoms with Crippen LogP contribution >= 0.6 is 0 Å². The third kappa shape index (κ3) is 2.31. The van der Waals surface area contributed by atoms with E-state index in [1.807, 2.05) is 12.1 Å². The summed E-state index contributed by atoms with van der Waals surface area (Å²) in [7, 11) is 0. The van der Waals surface area contributed by atoms with Crippen LogP contribution < -0.4 is 0 Å². The molecule has 0 aliphatic carbocycles. The van der Waals surface area contributed by atoms with Gasteiger partial charge in [0, 0.05) is 10.9 Å². The molecular formula is C23H16N2. The predicted octanol–water partition coefficient (Wildman–Crippen LogP) is 5.82. The minimum atomic E-state index is 0.974. The van der Waals surface area contributed by atoms with Gasteiger partial charge >= 0.3 is 0 Å². The Labute approximate surface area is 146 Å². The quantitative estimate of drug-likeness (QED) is 0.400. The molecule has 0 atom stereocenters. The fourth-order valence-electron chi connectivity index (χ4n) is 3.40. The van der Waals surface area contributed by atoms with E-state index in [1.165, 1.54) is 16.5 Å². The molecule has 0 spiro atoms. The van der Waals surface area contributed by atoms with E-state index in [9.17, 15) is 0 Å². The second-order valence-corrected chi connectivity index (χ2v) is 6.16. The van der Waals surface area contributed by atoms with Crippen molar-refractivity contribution in [2.45, 2.75) is 0 Å². The van der Waals surface area contributed by atoms with Crippen molar-refractivity contribution in [2.24, 2.45) is 0 Å². The number of hydrogen-bond donors (Lipinski definition) is 0. The molecule has 0 unspecified atom stereocenters. The molecule has 0 aliphatic heterocycles. The topological polar surface area (TPSA) is 17.3 Å². The molecule has 2 heteroatoms. The third-order valence-corrected chi connectivity index (χ3v) is 4.58. The Morgan fingerprint density at radius 3 is 2.00 bits per heavy atom. The fourth-order valence-corrected chi connectivity index (χ4v) is 3.40. The molecule has 2 nitrogen and oxygen atoms in total. The van der Waals surface area contributed by atoms with Crippen molar-refractivity contribution in [3.63, 3.8) is 0 Å². The van der Waals surface area contributed by atoms with Gasteiger partial charge in [0.15, 0.2) is 0 Å². The van der Waals surface area contributed by atoms with E-state index in [0.29, 0.717) is 0 Å². The van der Waals surface area contributed by atoms with Crippen LogP contribution in [0.1, 0.15) is 0 Å². The summed E-state index contributed by atoms with van der Waals surface area (Å²) >= 11 is 0. The molecule has 2 aromatic heterocycles. The van der Waals surface area contributed by atoms with E-state index in [0.717, 1.165) is 22.6 Å². The van der Waals surface area contributed by atoms with Crippen molar-refractivity contribution in [2.75, 3.05) is 0 Å². The van der Waals surface area contributed by atoms with E-state index in [2.05, 4.69) is 89.3 Å². The first-order valence-electron chi connectivity index (χ1n) is 8.42. The molecule has 5 aromatic rings. The highest BCUT2D eigenvalue weighted by Gasteiger charge is 2.12. The zero-order chi connectivity index (χ0) is 16.6. The van der Waals surface area contributed by atoms with Gasteiger partial charge in [0.2, 0.25) is 0 Å². The van der Waals surface area contributed by atoms with Gasteiger partial charge in [-0.1, -0.05) is 78.9 Å². The Morgan fingerprint density at radius 1 is 0.600 bits per heavy atom. The molecule has 25 heavy (non-hydrogen) atoms. The summed E-state index contributed by atoms with van der Waals surface area (Å²) in [4.78, 5) is 4.93. The van der Waals surface area contributed by atoms with Gasteiger partial charge in [0.05, 0.1) is 16.9 Å². The molecule has 0 fully saturated rings.